The van der Waals surface area contributed by atoms with Crippen molar-refractivity contribution in [1.82, 2.24) is 4.31 Å². The van der Waals surface area contributed by atoms with E-state index in [4.69, 9.17) is 0 Å². The van der Waals surface area contributed by atoms with Crippen LogP contribution >= 0.6 is 0 Å². The highest BCUT2D eigenvalue weighted by molar-refractivity contribution is 7.89. The first-order valence-electron chi connectivity index (χ1n) is 7.63. The standard InChI is InChI=1S/C16H25NO3S/c1-4-16(5-2)10-11-17(12-16)21(19,20)15-8-6-14(7-9-15)13(3)18/h6-9,13,18H,4-5,10-12H2,1-3H3. The third-order valence-corrected chi connectivity index (χ3v) is 6.76. The molecular formula is C16H25NO3S. The van der Waals surface area contributed by atoms with Crippen LogP contribution in [0.4, 0.5) is 0 Å². The van der Waals surface area contributed by atoms with E-state index in [1.54, 1.807) is 35.5 Å². The van der Waals surface area contributed by atoms with Crippen molar-refractivity contribution in [2.24, 2.45) is 5.41 Å². The largest absolute Gasteiger partial charge is 0.389 e. The van der Waals surface area contributed by atoms with E-state index in [-0.39, 0.29) is 5.41 Å². The lowest BCUT2D eigenvalue weighted by molar-refractivity contribution is 0.199. The van der Waals surface area contributed by atoms with Crippen LogP contribution in [0.1, 0.15) is 51.7 Å². The van der Waals surface area contributed by atoms with Gasteiger partial charge in [-0.05, 0) is 49.3 Å². The fourth-order valence-electron chi connectivity index (χ4n) is 2.99. The van der Waals surface area contributed by atoms with Crippen LogP contribution in [-0.2, 0) is 10.0 Å². The second kappa shape index (κ2) is 6.07. The van der Waals surface area contributed by atoms with Gasteiger partial charge in [0.05, 0.1) is 11.0 Å². The van der Waals surface area contributed by atoms with Gasteiger partial charge in [0.25, 0.3) is 0 Å². The maximum atomic E-state index is 12.7. The second-order valence-electron chi connectivity index (χ2n) is 6.04. The fraction of sp³-hybridized carbons (Fsp3) is 0.625. The van der Waals surface area contributed by atoms with Crippen molar-refractivity contribution >= 4 is 10.0 Å². The first kappa shape index (κ1) is 16.5. The normalized spacial score (nSPS) is 20.6. The molecule has 0 aromatic heterocycles. The Morgan fingerprint density at radius 1 is 1.24 bits per heavy atom. The van der Waals surface area contributed by atoms with Crippen LogP contribution < -0.4 is 0 Å². The molecule has 1 aliphatic rings. The number of aliphatic hydroxyl groups excluding tert-OH is 1. The van der Waals surface area contributed by atoms with Gasteiger partial charge in [0.1, 0.15) is 0 Å². The Balaban J connectivity index is 2.23. The van der Waals surface area contributed by atoms with Gasteiger partial charge in [-0.1, -0.05) is 26.0 Å². The molecule has 1 aromatic rings. The molecule has 1 N–H and O–H groups in total. The zero-order valence-electron chi connectivity index (χ0n) is 13.0. The van der Waals surface area contributed by atoms with Gasteiger partial charge in [-0.25, -0.2) is 8.42 Å². The summed E-state index contributed by atoms with van der Waals surface area (Å²) in [7, 11) is -3.42. The van der Waals surface area contributed by atoms with Gasteiger partial charge in [0.15, 0.2) is 0 Å². The summed E-state index contributed by atoms with van der Waals surface area (Å²) in [4.78, 5) is 0.315. The molecule has 0 amide bonds. The molecule has 0 spiro atoms. The number of nitrogens with zero attached hydrogens (tertiary/aromatic N) is 1. The molecule has 5 heteroatoms. The number of benzene rings is 1. The summed E-state index contributed by atoms with van der Waals surface area (Å²) in [5, 5.41) is 9.50. The van der Waals surface area contributed by atoms with Crippen molar-refractivity contribution in [2.45, 2.75) is 51.0 Å². The first-order chi connectivity index (χ1) is 9.84. The molecule has 21 heavy (non-hydrogen) atoms. The van der Waals surface area contributed by atoms with E-state index in [0.29, 0.717) is 18.0 Å². The first-order valence-corrected chi connectivity index (χ1v) is 9.07. The van der Waals surface area contributed by atoms with Gasteiger partial charge in [-0.15, -0.1) is 0 Å². The maximum Gasteiger partial charge on any atom is 0.243 e. The average Bonchev–Trinajstić information content (AvgIpc) is 2.93. The van der Waals surface area contributed by atoms with Gasteiger partial charge in [0, 0.05) is 13.1 Å². The topological polar surface area (TPSA) is 57.6 Å². The van der Waals surface area contributed by atoms with E-state index in [0.717, 1.165) is 24.8 Å². The molecule has 1 saturated heterocycles. The van der Waals surface area contributed by atoms with Crippen LogP contribution in [0.5, 0.6) is 0 Å². The van der Waals surface area contributed by atoms with E-state index >= 15 is 0 Å². The SMILES string of the molecule is CCC1(CC)CCN(S(=O)(=O)c2ccc(C(C)O)cc2)C1. The number of hydrogen-bond donors (Lipinski definition) is 1. The molecule has 4 nitrogen and oxygen atoms in total. The smallest absolute Gasteiger partial charge is 0.243 e. The molecule has 0 radical (unpaired) electrons. The lowest BCUT2D eigenvalue weighted by atomic mass is 9.82. The van der Waals surface area contributed by atoms with Crippen molar-refractivity contribution in [2.75, 3.05) is 13.1 Å². The van der Waals surface area contributed by atoms with E-state index in [1.165, 1.54) is 0 Å². The second-order valence-corrected chi connectivity index (χ2v) is 7.98. The zero-order valence-corrected chi connectivity index (χ0v) is 13.9. The molecule has 1 aromatic carbocycles. The van der Waals surface area contributed by atoms with Crippen LogP contribution in [0.3, 0.4) is 0 Å². The molecule has 0 bridgehead atoms. The molecule has 1 atom stereocenters. The Labute approximate surface area is 127 Å². The Hall–Kier alpha value is -0.910. The van der Waals surface area contributed by atoms with Gasteiger partial charge in [0.2, 0.25) is 10.0 Å². The van der Waals surface area contributed by atoms with Crippen molar-refractivity contribution < 1.29 is 13.5 Å². The molecular weight excluding hydrogens is 286 g/mol. The minimum atomic E-state index is -3.42. The van der Waals surface area contributed by atoms with Crippen molar-refractivity contribution in [3.8, 4) is 0 Å². The minimum Gasteiger partial charge on any atom is -0.389 e. The fourth-order valence-corrected chi connectivity index (χ4v) is 4.55. The van der Waals surface area contributed by atoms with Crippen LogP contribution in [0.2, 0.25) is 0 Å². The number of aliphatic hydroxyl groups is 1. The number of hydrogen-bond acceptors (Lipinski definition) is 3. The van der Waals surface area contributed by atoms with Crippen molar-refractivity contribution in [1.29, 1.82) is 0 Å². The molecule has 1 unspecified atom stereocenters. The Kier molecular flexibility index (Phi) is 4.76. The summed E-state index contributed by atoms with van der Waals surface area (Å²) in [5.74, 6) is 0. The molecule has 0 aliphatic carbocycles. The summed E-state index contributed by atoms with van der Waals surface area (Å²) in [6.07, 6.45) is 2.37. The van der Waals surface area contributed by atoms with E-state index in [9.17, 15) is 13.5 Å². The average molecular weight is 311 g/mol. The summed E-state index contributed by atoms with van der Waals surface area (Å²) in [6.45, 7) is 7.15. The van der Waals surface area contributed by atoms with Crippen LogP contribution in [-0.4, -0.2) is 30.9 Å². The summed E-state index contributed by atoms with van der Waals surface area (Å²) < 4.78 is 27.0. The molecule has 1 aliphatic heterocycles. The highest BCUT2D eigenvalue weighted by Crippen LogP contribution is 2.39. The van der Waals surface area contributed by atoms with E-state index in [2.05, 4.69) is 13.8 Å². The van der Waals surface area contributed by atoms with Crippen LogP contribution in [0.25, 0.3) is 0 Å². The lowest BCUT2D eigenvalue weighted by Crippen LogP contribution is -2.31. The Bertz CT molecular complexity index is 574. The predicted octanol–water partition coefficient (Wildman–Crippen LogP) is 2.94. The summed E-state index contributed by atoms with van der Waals surface area (Å²) in [5.41, 5.74) is 0.860. The Morgan fingerprint density at radius 2 is 1.81 bits per heavy atom. The highest BCUT2D eigenvalue weighted by Gasteiger charge is 2.40. The van der Waals surface area contributed by atoms with Crippen molar-refractivity contribution in [3.63, 3.8) is 0 Å². The molecule has 1 heterocycles. The quantitative estimate of drug-likeness (QED) is 0.909. The van der Waals surface area contributed by atoms with Crippen LogP contribution in [0.15, 0.2) is 29.2 Å². The van der Waals surface area contributed by atoms with Crippen LogP contribution in [0, 0.1) is 5.41 Å². The van der Waals surface area contributed by atoms with Gasteiger partial charge >= 0.3 is 0 Å². The molecule has 1 fully saturated rings. The maximum absolute atomic E-state index is 12.7. The Morgan fingerprint density at radius 3 is 2.24 bits per heavy atom. The highest BCUT2D eigenvalue weighted by atomic mass is 32.2. The van der Waals surface area contributed by atoms with Gasteiger partial charge in [-0.3, -0.25) is 0 Å². The summed E-state index contributed by atoms with van der Waals surface area (Å²) >= 11 is 0. The number of sulfonamides is 1. The minimum absolute atomic E-state index is 0.132. The van der Waals surface area contributed by atoms with E-state index < -0.39 is 16.1 Å². The molecule has 118 valence electrons. The van der Waals surface area contributed by atoms with Crippen molar-refractivity contribution in [3.05, 3.63) is 29.8 Å². The predicted molar refractivity (Wildman–Crippen MR) is 83.5 cm³/mol. The zero-order chi connectivity index (χ0) is 15.7. The monoisotopic (exact) mass is 311 g/mol. The molecule has 2 rings (SSSR count). The van der Waals surface area contributed by atoms with Gasteiger partial charge in [-0.2, -0.15) is 4.31 Å². The third kappa shape index (κ3) is 3.15. The number of rotatable bonds is 5. The lowest BCUT2D eigenvalue weighted by Gasteiger charge is -2.26. The molecule has 0 saturated carbocycles. The third-order valence-electron chi connectivity index (χ3n) is 4.90. The summed E-state index contributed by atoms with van der Waals surface area (Å²) in [6, 6.07) is 6.55. The van der Waals surface area contributed by atoms with Gasteiger partial charge < -0.3 is 5.11 Å². The van der Waals surface area contributed by atoms with E-state index in [1.807, 2.05) is 0 Å².